The number of carbonyl (C=O) groups excluding carboxylic acids is 1. The number of carbonyl (C=O) groups is 1. The van der Waals surface area contributed by atoms with Crippen molar-refractivity contribution >= 4 is 16.7 Å². The van der Waals surface area contributed by atoms with E-state index in [-0.39, 0.29) is 11.9 Å². The molecule has 27 heavy (non-hydrogen) atoms. The minimum atomic E-state index is 0.171. The standard InChI is InChI=1S/C24H25NO2/c1-27-22-9-4-8-21(17-22)23-10-5-15-25(23)24(26)14-12-18-11-13-19-6-2-3-7-20(19)16-18/h2-4,6-9,11,13,16-17,23H,5,10,12,14-15H2,1H3. The van der Waals surface area contributed by atoms with E-state index in [1.807, 2.05) is 12.1 Å². The van der Waals surface area contributed by atoms with E-state index in [1.54, 1.807) is 7.11 Å². The Morgan fingerprint density at radius 1 is 1.04 bits per heavy atom. The molecule has 1 fully saturated rings. The smallest absolute Gasteiger partial charge is 0.223 e. The molecule has 3 aromatic carbocycles. The molecule has 0 spiro atoms. The van der Waals surface area contributed by atoms with Gasteiger partial charge in [0.2, 0.25) is 5.91 Å². The van der Waals surface area contributed by atoms with Crippen LogP contribution in [0.15, 0.2) is 66.7 Å². The van der Waals surface area contributed by atoms with Crippen LogP contribution in [0, 0.1) is 0 Å². The van der Waals surface area contributed by atoms with Crippen molar-refractivity contribution < 1.29 is 9.53 Å². The number of hydrogen-bond acceptors (Lipinski definition) is 2. The molecule has 1 saturated heterocycles. The minimum Gasteiger partial charge on any atom is -0.497 e. The maximum atomic E-state index is 12.9. The Morgan fingerprint density at radius 2 is 1.89 bits per heavy atom. The summed E-state index contributed by atoms with van der Waals surface area (Å²) in [5.74, 6) is 1.09. The summed E-state index contributed by atoms with van der Waals surface area (Å²) in [6.07, 6.45) is 3.42. The van der Waals surface area contributed by atoms with Crippen molar-refractivity contribution in [3.8, 4) is 5.75 Å². The van der Waals surface area contributed by atoms with E-state index in [9.17, 15) is 4.79 Å². The number of amides is 1. The van der Waals surface area contributed by atoms with Crippen LogP contribution in [0.1, 0.15) is 36.4 Å². The summed E-state index contributed by atoms with van der Waals surface area (Å²) < 4.78 is 5.35. The van der Waals surface area contributed by atoms with Gasteiger partial charge in [-0.1, -0.05) is 54.6 Å². The van der Waals surface area contributed by atoms with Gasteiger partial charge in [-0.3, -0.25) is 4.79 Å². The lowest BCUT2D eigenvalue weighted by atomic mass is 10.0. The summed E-state index contributed by atoms with van der Waals surface area (Å²) in [6.45, 7) is 0.846. The quantitative estimate of drug-likeness (QED) is 0.631. The summed E-state index contributed by atoms with van der Waals surface area (Å²) in [7, 11) is 1.68. The molecule has 0 aliphatic carbocycles. The maximum absolute atomic E-state index is 12.9. The number of fused-ring (bicyclic) bond motifs is 1. The SMILES string of the molecule is COc1cccc(C2CCCN2C(=O)CCc2ccc3ccccc3c2)c1. The zero-order valence-electron chi connectivity index (χ0n) is 15.7. The summed E-state index contributed by atoms with van der Waals surface area (Å²) >= 11 is 0. The molecular formula is C24H25NO2. The molecule has 138 valence electrons. The summed E-state index contributed by atoms with van der Waals surface area (Å²) in [5, 5.41) is 2.48. The van der Waals surface area contributed by atoms with Crippen LogP contribution in [0.2, 0.25) is 0 Å². The van der Waals surface area contributed by atoms with Crippen LogP contribution >= 0.6 is 0 Å². The fourth-order valence-corrected chi connectivity index (χ4v) is 4.05. The molecule has 0 radical (unpaired) electrons. The van der Waals surface area contributed by atoms with Crippen molar-refractivity contribution in [1.29, 1.82) is 0 Å². The van der Waals surface area contributed by atoms with E-state index < -0.39 is 0 Å². The molecule has 0 bridgehead atoms. The fourth-order valence-electron chi connectivity index (χ4n) is 4.05. The van der Waals surface area contributed by atoms with E-state index >= 15 is 0 Å². The van der Waals surface area contributed by atoms with Crippen molar-refractivity contribution in [2.75, 3.05) is 13.7 Å². The molecule has 1 amide bonds. The average molecular weight is 359 g/mol. The van der Waals surface area contributed by atoms with E-state index in [4.69, 9.17) is 4.74 Å². The van der Waals surface area contributed by atoms with Crippen LogP contribution in [0.4, 0.5) is 0 Å². The van der Waals surface area contributed by atoms with Crippen molar-refractivity contribution in [1.82, 2.24) is 4.90 Å². The molecule has 1 aliphatic rings. The Bertz CT molecular complexity index is 950. The largest absolute Gasteiger partial charge is 0.497 e. The van der Waals surface area contributed by atoms with Crippen molar-refractivity contribution in [2.24, 2.45) is 0 Å². The van der Waals surface area contributed by atoms with E-state index in [2.05, 4.69) is 59.5 Å². The lowest BCUT2D eigenvalue weighted by Gasteiger charge is -2.25. The van der Waals surface area contributed by atoms with Gasteiger partial charge in [0.25, 0.3) is 0 Å². The number of likely N-dealkylation sites (tertiary alicyclic amines) is 1. The molecule has 1 atom stereocenters. The second kappa shape index (κ2) is 7.83. The molecule has 3 aromatic rings. The first-order valence-corrected chi connectivity index (χ1v) is 9.66. The van der Waals surface area contributed by atoms with Crippen molar-refractivity contribution in [2.45, 2.75) is 31.7 Å². The monoisotopic (exact) mass is 359 g/mol. The van der Waals surface area contributed by atoms with Gasteiger partial charge in [-0.25, -0.2) is 0 Å². The molecule has 4 rings (SSSR count). The van der Waals surface area contributed by atoms with Gasteiger partial charge >= 0.3 is 0 Å². The fraction of sp³-hybridized carbons (Fsp3) is 0.292. The number of rotatable bonds is 5. The lowest BCUT2D eigenvalue weighted by molar-refractivity contribution is -0.132. The Kier molecular flexibility index (Phi) is 5.10. The van der Waals surface area contributed by atoms with Crippen molar-refractivity contribution in [3.05, 3.63) is 77.9 Å². The number of aryl methyl sites for hydroxylation is 1. The second-order valence-corrected chi connectivity index (χ2v) is 7.20. The predicted octanol–water partition coefficient (Wildman–Crippen LogP) is 5.14. The number of methoxy groups -OCH3 is 1. The molecule has 3 nitrogen and oxygen atoms in total. The molecule has 3 heteroatoms. The first kappa shape index (κ1) is 17.6. The Labute approximate surface area is 160 Å². The summed E-state index contributed by atoms with van der Waals surface area (Å²) in [4.78, 5) is 15.0. The van der Waals surface area contributed by atoms with Gasteiger partial charge in [0.15, 0.2) is 0 Å². The average Bonchev–Trinajstić information content (AvgIpc) is 3.22. The zero-order valence-corrected chi connectivity index (χ0v) is 15.7. The molecule has 1 unspecified atom stereocenters. The van der Waals surface area contributed by atoms with Gasteiger partial charge in [0, 0.05) is 13.0 Å². The third kappa shape index (κ3) is 3.82. The molecule has 1 aliphatic heterocycles. The summed E-state index contributed by atoms with van der Waals surface area (Å²) in [6, 6.07) is 23.1. The van der Waals surface area contributed by atoms with E-state index in [1.165, 1.54) is 21.9 Å². The van der Waals surface area contributed by atoms with Crippen molar-refractivity contribution in [3.63, 3.8) is 0 Å². The minimum absolute atomic E-state index is 0.171. The highest BCUT2D eigenvalue weighted by molar-refractivity contribution is 5.83. The first-order valence-electron chi connectivity index (χ1n) is 9.66. The second-order valence-electron chi connectivity index (χ2n) is 7.20. The molecule has 1 heterocycles. The Balaban J connectivity index is 1.44. The van der Waals surface area contributed by atoms with E-state index in [0.29, 0.717) is 6.42 Å². The molecule has 0 saturated carbocycles. The van der Waals surface area contributed by atoms with Crippen LogP contribution < -0.4 is 4.74 Å². The lowest BCUT2D eigenvalue weighted by Crippen LogP contribution is -2.30. The Hall–Kier alpha value is -2.81. The van der Waals surface area contributed by atoms with Gasteiger partial charge in [-0.15, -0.1) is 0 Å². The highest BCUT2D eigenvalue weighted by Crippen LogP contribution is 2.34. The normalized spacial score (nSPS) is 16.6. The van der Waals surface area contributed by atoms with Crippen LogP contribution in [0.25, 0.3) is 10.8 Å². The van der Waals surface area contributed by atoms with Crippen LogP contribution in [0.3, 0.4) is 0 Å². The number of ether oxygens (including phenoxy) is 1. The van der Waals surface area contributed by atoms with Gasteiger partial charge in [0.1, 0.15) is 5.75 Å². The summed E-state index contributed by atoms with van der Waals surface area (Å²) in [5.41, 5.74) is 2.39. The molecule has 0 N–H and O–H groups in total. The number of benzene rings is 3. The van der Waals surface area contributed by atoms with E-state index in [0.717, 1.165) is 31.6 Å². The third-order valence-electron chi connectivity index (χ3n) is 5.49. The van der Waals surface area contributed by atoms with Gasteiger partial charge in [-0.05, 0) is 53.3 Å². The van der Waals surface area contributed by atoms with Gasteiger partial charge in [0.05, 0.1) is 13.2 Å². The molecular weight excluding hydrogens is 334 g/mol. The van der Waals surface area contributed by atoms with Gasteiger partial charge < -0.3 is 9.64 Å². The van der Waals surface area contributed by atoms with Gasteiger partial charge in [-0.2, -0.15) is 0 Å². The number of nitrogens with zero attached hydrogens (tertiary/aromatic N) is 1. The zero-order chi connectivity index (χ0) is 18.6. The predicted molar refractivity (Wildman–Crippen MR) is 109 cm³/mol. The van der Waals surface area contributed by atoms with Crippen LogP contribution in [-0.4, -0.2) is 24.5 Å². The first-order chi connectivity index (χ1) is 13.2. The number of hydrogen-bond donors (Lipinski definition) is 0. The topological polar surface area (TPSA) is 29.5 Å². The maximum Gasteiger partial charge on any atom is 0.223 e. The highest BCUT2D eigenvalue weighted by Gasteiger charge is 2.29. The Morgan fingerprint density at radius 3 is 2.74 bits per heavy atom. The molecule has 0 aromatic heterocycles. The van der Waals surface area contributed by atoms with Crippen LogP contribution in [-0.2, 0) is 11.2 Å². The van der Waals surface area contributed by atoms with Crippen LogP contribution in [0.5, 0.6) is 5.75 Å². The highest BCUT2D eigenvalue weighted by atomic mass is 16.5. The third-order valence-corrected chi connectivity index (χ3v) is 5.49.